The molecule has 2 amide bonds. The standard InChI is InChI=1S/C19H16BrFN4O2S/c20-13-3-1-4-14(9-13)23-18(26)11-28-12-19(27)24-15-5-6-17(16(21)10-15)25-8-2-7-22-25/h1-10H,11-12H2,(H,23,26)(H,24,27). The van der Waals surface area contributed by atoms with Crippen LogP contribution in [0.5, 0.6) is 0 Å². The average molecular weight is 463 g/mol. The summed E-state index contributed by atoms with van der Waals surface area (Å²) in [5.74, 6) is -0.805. The molecule has 0 aliphatic carbocycles. The third kappa shape index (κ3) is 5.67. The van der Waals surface area contributed by atoms with Gasteiger partial charge in [0, 0.05) is 28.2 Å². The number of nitrogens with zero attached hydrogens (tertiary/aromatic N) is 2. The van der Waals surface area contributed by atoms with Crippen LogP contribution in [0.4, 0.5) is 15.8 Å². The molecule has 0 spiro atoms. The van der Waals surface area contributed by atoms with Gasteiger partial charge in [0.25, 0.3) is 0 Å². The van der Waals surface area contributed by atoms with Crippen molar-refractivity contribution in [2.45, 2.75) is 0 Å². The lowest BCUT2D eigenvalue weighted by atomic mass is 10.2. The van der Waals surface area contributed by atoms with Gasteiger partial charge in [0.2, 0.25) is 11.8 Å². The number of anilines is 2. The number of rotatable bonds is 7. The SMILES string of the molecule is O=C(CSCC(=O)Nc1ccc(-n2cccn2)c(F)c1)Nc1cccc(Br)c1. The fraction of sp³-hybridized carbons (Fsp3) is 0.105. The average Bonchev–Trinajstić information content (AvgIpc) is 3.16. The summed E-state index contributed by atoms with van der Waals surface area (Å²) in [4.78, 5) is 23.9. The highest BCUT2D eigenvalue weighted by Gasteiger charge is 2.10. The first-order valence-electron chi connectivity index (χ1n) is 8.24. The number of carbonyl (C=O) groups is 2. The molecule has 6 nitrogen and oxygen atoms in total. The van der Waals surface area contributed by atoms with Crippen molar-refractivity contribution < 1.29 is 14.0 Å². The molecular formula is C19H16BrFN4O2S. The maximum absolute atomic E-state index is 14.2. The van der Waals surface area contributed by atoms with Crippen LogP contribution in [0, 0.1) is 5.82 Å². The minimum Gasteiger partial charge on any atom is -0.325 e. The Hall–Kier alpha value is -2.65. The van der Waals surface area contributed by atoms with Gasteiger partial charge in [-0.05, 0) is 42.5 Å². The number of nitrogens with one attached hydrogen (secondary N) is 2. The number of halogens is 2. The van der Waals surface area contributed by atoms with E-state index >= 15 is 0 Å². The fourth-order valence-corrected chi connectivity index (χ4v) is 3.40. The summed E-state index contributed by atoms with van der Waals surface area (Å²) >= 11 is 4.51. The molecule has 0 bridgehead atoms. The predicted molar refractivity (Wildman–Crippen MR) is 112 cm³/mol. The number of thioether (sulfide) groups is 1. The van der Waals surface area contributed by atoms with Gasteiger partial charge in [-0.2, -0.15) is 5.10 Å². The maximum atomic E-state index is 14.2. The first kappa shape index (κ1) is 20.1. The predicted octanol–water partition coefficient (Wildman–Crippen LogP) is 4.08. The number of amides is 2. The van der Waals surface area contributed by atoms with Crippen molar-refractivity contribution in [3.05, 3.63) is 71.2 Å². The molecule has 1 heterocycles. The van der Waals surface area contributed by atoms with E-state index in [0.717, 1.165) is 4.47 Å². The molecule has 9 heteroatoms. The Bertz CT molecular complexity index is 982. The summed E-state index contributed by atoms with van der Waals surface area (Å²) in [6, 6.07) is 13.3. The Morgan fingerprint density at radius 3 is 2.36 bits per heavy atom. The number of carbonyl (C=O) groups excluding carboxylic acids is 2. The minimum atomic E-state index is -0.498. The van der Waals surface area contributed by atoms with Crippen molar-refractivity contribution >= 4 is 50.9 Å². The zero-order valence-corrected chi connectivity index (χ0v) is 17.0. The second-order valence-electron chi connectivity index (χ2n) is 5.72. The largest absolute Gasteiger partial charge is 0.325 e. The van der Waals surface area contributed by atoms with Crippen molar-refractivity contribution in [2.24, 2.45) is 0 Å². The Kier molecular flexibility index (Phi) is 6.83. The highest BCUT2D eigenvalue weighted by Crippen LogP contribution is 2.18. The number of benzene rings is 2. The van der Waals surface area contributed by atoms with Crippen LogP contribution in [0.1, 0.15) is 0 Å². The Balaban J connectivity index is 1.45. The highest BCUT2D eigenvalue weighted by atomic mass is 79.9. The van der Waals surface area contributed by atoms with E-state index in [2.05, 4.69) is 31.7 Å². The van der Waals surface area contributed by atoms with Gasteiger partial charge in [-0.1, -0.05) is 22.0 Å². The van der Waals surface area contributed by atoms with E-state index in [9.17, 15) is 14.0 Å². The lowest BCUT2D eigenvalue weighted by Crippen LogP contribution is -2.18. The van der Waals surface area contributed by atoms with Crippen LogP contribution in [-0.4, -0.2) is 33.1 Å². The van der Waals surface area contributed by atoms with E-state index in [1.54, 1.807) is 36.7 Å². The van der Waals surface area contributed by atoms with Gasteiger partial charge in [0.1, 0.15) is 5.69 Å². The molecule has 0 fully saturated rings. The normalized spacial score (nSPS) is 10.5. The van der Waals surface area contributed by atoms with Crippen LogP contribution in [0.3, 0.4) is 0 Å². The molecule has 0 aliphatic heterocycles. The molecule has 3 rings (SSSR count). The molecule has 144 valence electrons. The quantitative estimate of drug-likeness (QED) is 0.554. The van der Waals surface area contributed by atoms with Gasteiger partial charge in [-0.15, -0.1) is 11.8 Å². The second-order valence-corrected chi connectivity index (χ2v) is 7.62. The second kappa shape index (κ2) is 9.52. The van der Waals surface area contributed by atoms with Crippen LogP contribution >= 0.6 is 27.7 Å². The lowest BCUT2D eigenvalue weighted by molar-refractivity contribution is -0.114. The number of aromatic nitrogens is 2. The fourth-order valence-electron chi connectivity index (χ4n) is 2.38. The molecule has 0 unspecified atom stereocenters. The number of hydrogen-bond acceptors (Lipinski definition) is 4. The topological polar surface area (TPSA) is 76.0 Å². The molecule has 0 atom stereocenters. The molecular weight excluding hydrogens is 447 g/mol. The first-order valence-corrected chi connectivity index (χ1v) is 10.2. The van der Waals surface area contributed by atoms with Crippen LogP contribution in [0.25, 0.3) is 5.69 Å². The number of hydrogen-bond donors (Lipinski definition) is 2. The molecule has 3 aromatic rings. The maximum Gasteiger partial charge on any atom is 0.234 e. The Labute approximate surface area is 173 Å². The molecule has 28 heavy (non-hydrogen) atoms. The molecule has 2 aromatic carbocycles. The summed E-state index contributed by atoms with van der Waals surface area (Å²) in [5, 5.41) is 9.35. The van der Waals surface area contributed by atoms with Crippen molar-refractivity contribution in [2.75, 3.05) is 22.1 Å². The van der Waals surface area contributed by atoms with Crippen LogP contribution in [0.15, 0.2) is 65.4 Å². The molecule has 0 saturated heterocycles. The van der Waals surface area contributed by atoms with Crippen LogP contribution in [0.2, 0.25) is 0 Å². The Morgan fingerprint density at radius 2 is 1.75 bits per heavy atom. The van der Waals surface area contributed by atoms with E-state index in [1.165, 1.54) is 28.6 Å². The molecule has 0 radical (unpaired) electrons. The summed E-state index contributed by atoms with van der Waals surface area (Å²) in [6.45, 7) is 0. The summed E-state index contributed by atoms with van der Waals surface area (Å²) < 4.78 is 16.5. The van der Waals surface area contributed by atoms with E-state index in [-0.39, 0.29) is 23.3 Å². The van der Waals surface area contributed by atoms with E-state index < -0.39 is 5.82 Å². The molecule has 0 aliphatic rings. The van der Waals surface area contributed by atoms with Crippen molar-refractivity contribution in [1.29, 1.82) is 0 Å². The highest BCUT2D eigenvalue weighted by molar-refractivity contribution is 9.10. The first-order chi connectivity index (χ1) is 13.5. The zero-order valence-electron chi connectivity index (χ0n) is 14.6. The van der Waals surface area contributed by atoms with Crippen LogP contribution in [-0.2, 0) is 9.59 Å². The summed E-state index contributed by atoms with van der Waals surface area (Å²) in [6.07, 6.45) is 3.19. The van der Waals surface area contributed by atoms with Gasteiger partial charge in [-0.25, -0.2) is 9.07 Å². The smallest absolute Gasteiger partial charge is 0.234 e. The van der Waals surface area contributed by atoms with E-state index in [1.807, 2.05) is 12.1 Å². The van der Waals surface area contributed by atoms with Crippen molar-refractivity contribution in [1.82, 2.24) is 9.78 Å². The minimum absolute atomic E-state index is 0.0778. The third-order valence-corrected chi connectivity index (χ3v) is 4.98. The van der Waals surface area contributed by atoms with Crippen LogP contribution < -0.4 is 10.6 Å². The monoisotopic (exact) mass is 462 g/mol. The lowest BCUT2D eigenvalue weighted by Gasteiger charge is -2.08. The van der Waals surface area contributed by atoms with E-state index in [0.29, 0.717) is 17.1 Å². The van der Waals surface area contributed by atoms with Gasteiger partial charge < -0.3 is 10.6 Å². The van der Waals surface area contributed by atoms with Crippen molar-refractivity contribution in [3.8, 4) is 5.69 Å². The summed E-state index contributed by atoms with van der Waals surface area (Å²) in [7, 11) is 0. The Morgan fingerprint density at radius 1 is 1.04 bits per heavy atom. The van der Waals surface area contributed by atoms with Crippen molar-refractivity contribution in [3.63, 3.8) is 0 Å². The van der Waals surface area contributed by atoms with Gasteiger partial charge in [-0.3, -0.25) is 9.59 Å². The molecule has 1 aromatic heterocycles. The third-order valence-electron chi connectivity index (χ3n) is 3.56. The molecule has 0 saturated carbocycles. The van der Waals surface area contributed by atoms with Gasteiger partial charge in [0.05, 0.1) is 11.5 Å². The van der Waals surface area contributed by atoms with E-state index in [4.69, 9.17) is 0 Å². The summed E-state index contributed by atoms with van der Waals surface area (Å²) in [5.41, 5.74) is 1.32. The van der Waals surface area contributed by atoms with Gasteiger partial charge in [0.15, 0.2) is 5.82 Å². The van der Waals surface area contributed by atoms with Gasteiger partial charge >= 0.3 is 0 Å². The molecule has 2 N–H and O–H groups in total. The zero-order chi connectivity index (χ0) is 19.9.